The zero-order chi connectivity index (χ0) is 77.2. The number of amides is 4. The second-order valence-corrected chi connectivity index (χ2v) is 29.3. The molecule has 18 rings (SSSR count). The third kappa shape index (κ3) is 19.0. The minimum Gasteiger partial charge on any atom is -0.422 e. The van der Waals surface area contributed by atoms with Gasteiger partial charge in [-0.2, -0.15) is 20.4 Å². The Kier molecular flexibility index (Phi) is 23.8. The molecule has 35 heteroatoms. The summed E-state index contributed by atoms with van der Waals surface area (Å²) in [6, 6.07) is 50.5. The van der Waals surface area contributed by atoms with Crippen LogP contribution in [0.4, 0.5) is 22.7 Å². The Bertz CT molecular complexity index is 6520. The third-order valence-corrected chi connectivity index (χ3v) is 22.1. The van der Waals surface area contributed by atoms with E-state index in [0.29, 0.717) is 72.1 Å². The van der Waals surface area contributed by atoms with E-state index in [9.17, 15) is 24.0 Å². The zero-order valence-electron chi connectivity index (χ0n) is 58.5. The smallest absolute Gasteiger partial charge is 0.349 e. The molecule has 0 radical (unpaired) electrons. The number of H-pyrrole nitrogens is 4. The largest absolute Gasteiger partial charge is 0.422 e. The first-order valence-corrected chi connectivity index (χ1v) is 39.2. The summed E-state index contributed by atoms with van der Waals surface area (Å²) >= 11 is 13.7. The molecule has 0 fully saturated rings. The van der Waals surface area contributed by atoms with Gasteiger partial charge in [0.1, 0.15) is 67.1 Å². The molecule has 18 aromatic rings. The number of halogens is 1. The van der Waals surface area contributed by atoms with E-state index < -0.39 is 11.5 Å². The molecule has 0 spiro atoms. The standard InChI is InChI=1S/C22H16N6OS.C22H15N5O3S.C17H12ClN5OS2.C17H13N7OS/c29-21(16-9-15-5-1-2-7-19(15)23-10-16)27-17-6-3-4-14(8-17)12-30-22-18-11-26-28-20(18)24-13-25-22;28-20(16-9-14-5-1-2-7-18(14)30-22(16)29)26-15-6-3-4-13(8-15)11-31-21-17-10-25-27-19(17)23-12-24-21;18-13-4-5-25-14(13)16(24)22-11-3-1-2-10(6-11)8-26-17-12-7-21-23-15(12)19-9-20-17;25-16(14-8-18-4-5-19-14)23-12-3-1-2-11(6-12)9-26-17-13-7-22-24-15(13)20-10-21-17/h1-11,13H,12H2,(H,27,29)(H,24,25,26,28);1-10,12H,11H2,(H,26,28)(H,23,24,25,27);1-7,9H,8H2,(H,22,24)(H,19,20,21,23);1-8,10H,9H2,(H,23,25)(H,20,21,22,24). The van der Waals surface area contributed by atoms with E-state index in [1.807, 2.05) is 127 Å². The number of benzene rings is 6. The molecule has 4 amide bonds. The van der Waals surface area contributed by atoms with Gasteiger partial charge in [-0.25, -0.2) is 49.7 Å². The van der Waals surface area contributed by atoms with Crippen molar-refractivity contribution in [3.05, 3.63) is 303 Å². The summed E-state index contributed by atoms with van der Waals surface area (Å²) in [5.74, 6) is 1.56. The molecule has 0 aliphatic carbocycles. The van der Waals surface area contributed by atoms with Gasteiger partial charge in [-0.15, -0.1) is 58.4 Å². The first-order valence-electron chi connectivity index (χ1n) is 34.0. The first-order chi connectivity index (χ1) is 55.4. The molecular weight excluding hydrogens is 1550 g/mol. The molecule has 0 aliphatic rings. The number of para-hydroxylation sites is 2. The van der Waals surface area contributed by atoms with Gasteiger partial charge >= 0.3 is 5.63 Å². The number of hydrogen-bond donors (Lipinski definition) is 8. The molecule has 0 saturated heterocycles. The van der Waals surface area contributed by atoms with Crippen molar-refractivity contribution in [3.8, 4) is 0 Å². The fraction of sp³-hybridized carbons (Fsp3) is 0.0513. The number of thiophene rings is 1. The summed E-state index contributed by atoms with van der Waals surface area (Å²) in [6.07, 6.45) is 19.0. The highest BCUT2D eigenvalue weighted by molar-refractivity contribution is 7.99. The predicted octanol–water partition coefficient (Wildman–Crippen LogP) is 15.7. The van der Waals surface area contributed by atoms with E-state index in [2.05, 4.69) is 117 Å². The second kappa shape index (κ2) is 35.9. The molecule has 0 aliphatic heterocycles. The normalized spacial score (nSPS) is 11.0. The van der Waals surface area contributed by atoms with Crippen LogP contribution in [0, 0.1) is 0 Å². The highest BCUT2D eigenvalue weighted by Crippen LogP contribution is 2.33. The number of hydrogen-bond acceptors (Lipinski definition) is 26. The van der Waals surface area contributed by atoms with Gasteiger partial charge in [0, 0.05) is 75.1 Å². The SMILES string of the molecule is O=C(Nc1cccc(CSc2ncnc3[nH]ncc23)c1)c1cc2ccccc2oc1=O.O=C(Nc1cccc(CSc2ncnc3[nH]ncc23)c1)c1cnc2ccccc2c1.O=C(Nc1cccc(CSc2ncnc3[nH]ncc23)c1)c1cnccn1.O=C(Nc1cccc(CSc2ncnc3[nH]ncc23)c1)c1sccc1Cl. The Hall–Kier alpha value is -13.5. The summed E-state index contributed by atoms with van der Waals surface area (Å²) in [7, 11) is 0. The van der Waals surface area contributed by atoms with Crippen molar-refractivity contribution < 1.29 is 23.6 Å². The number of thioether (sulfide) groups is 4. The van der Waals surface area contributed by atoms with Crippen LogP contribution in [0.2, 0.25) is 5.02 Å². The summed E-state index contributed by atoms with van der Waals surface area (Å²) in [5.41, 5.74) is 11.2. The van der Waals surface area contributed by atoms with E-state index in [1.54, 1.807) is 120 Å². The van der Waals surface area contributed by atoms with Crippen molar-refractivity contribution in [2.75, 3.05) is 21.3 Å². The molecule has 0 bridgehead atoms. The topological polar surface area (TPSA) is 403 Å². The lowest BCUT2D eigenvalue weighted by Crippen LogP contribution is -2.20. The molecule has 0 saturated carbocycles. The molecule has 113 heavy (non-hydrogen) atoms. The molecule has 12 aromatic heterocycles. The number of nitrogens with zero attached hydrogens (tertiary/aromatic N) is 15. The van der Waals surface area contributed by atoms with Gasteiger partial charge < -0.3 is 25.7 Å². The van der Waals surface area contributed by atoms with Crippen LogP contribution in [0.25, 0.3) is 66.0 Å². The van der Waals surface area contributed by atoms with Crippen molar-refractivity contribution in [2.24, 2.45) is 0 Å². The fourth-order valence-corrected chi connectivity index (χ4v) is 15.7. The highest BCUT2D eigenvalue weighted by Gasteiger charge is 2.18. The van der Waals surface area contributed by atoms with E-state index in [-0.39, 0.29) is 29.0 Å². The van der Waals surface area contributed by atoms with Crippen LogP contribution in [0.15, 0.2) is 273 Å². The third-order valence-electron chi connectivity index (χ3n) is 16.4. The quantitative estimate of drug-likeness (QED) is 0.0200. The molecule has 556 valence electrons. The number of carbonyl (C=O) groups excluding carboxylic acids is 4. The van der Waals surface area contributed by atoms with Crippen LogP contribution in [0.1, 0.15) is 63.1 Å². The van der Waals surface area contributed by atoms with Gasteiger partial charge in [0.05, 0.1) is 68.6 Å². The van der Waals surface area contributed by atoms with Crippen LogP contribution in [0.5, 0.6) is 0 Å². The molecule has 12 heterocycles. The van der Waals surface area contributed by atoms with Crippen LogP contribution in [-0.4, -0.2) is 119 Å². The number of anilines is 4. The van der Waals surface area contributed by atoms with Crippen LogP contribution in [-0.2, 0) is 23.0 Å². The van der Waals surface area contributed by atoms with Crippen molar-refractivity contribution >= 4 is 182 Å². The fourth-order valence-electron chi connectivity index (χ4n) is 11.1. The minimum absolute atomic E-state index is 0.0400. The van der Waals surface area contributed by atoms with Crippen LogP contribution < -0.4 is 26.9 Å². The Labute approximate surface area is 664 Å². The van der Waals surface area contributed by atoms with E-state index in [0.717, 1.165) is 97.5 Å². The van der Waals surface area contributed by atoms with Gasteiger partial charge in [0.2, 0.25) is 0 Å². The zero-order valence-corrected chi connectivity index (χ0v) is 63.3. The van der Waals surface area contributed by atoms with Crippen molar-refractivity contribution in [1.82, 2.24) is 95.6 Å². The molecule has 8 N–H and O–H groups in total. The van der Waals surface area contributed by atoms with E-state index in [4.69, 9.17) is 16.0 Å². The Morgan fingerprint density at radius 3 is 1.29 bits per heavy atom. The van der Waals surface area contributed by atoms with Crippen LogP contribution in [0.3, 0.4) is 0 Å². The number of carbonyl (C=O) groups is 4. The van der Waals surface area contributed by atoms with Gasteiger partial charge in [-0.1, -0.05) is 96.5 Å². The number of nitrogens with one attached hydrogen (secondary N) is 8. The molecular formula is C78H56ClN23O6S5. The Morgan fingerprint density at radius 2 is 0.841 bits per heavy atom. The maximum atomic E-state index is 12.7. The van der Waals surface area contributed by atoms with Crippen molar-refractivity contribution in [3.63, 3.8) is 0 Å². The maximum Gasteiger partial charge on any atom is 0.349 e. The van der Waals surface area contributed by atoms with E-state index in [1.165, 1.54) is 55.2 Å². The molecule has 29 nitrogen and oxygen atoms in total. The number of pyridine rings is 1. The van der Waals surface area contributed by atoms with Gasteiger partial charge in [-0.05, 0) is 106 Å². The average molecular weight is 1610 g/mol. The number of rotatable bonds is 20. The second-order valence-electron chi connectivity index (χ2n) is 24.1. The Morgan fingerprint density at radius 1 is 0.407 bits per heavy atom. The highest BCUT2D eigenvalue weighted by atomic mass is 35.5. The predicted molar refractivity (Wildman–Crippen MR) is 438 cm³/mol. The number of fused-ring (bicyclic) bond motifs is 6. The minimum atomic E-state index is -0.671. The first kappa shape index (κ1) is 74.9. The monoisotopic (exact) mass is 1610 g/mol. The molecule has 6 aromatic carbocycles. The van der Waals surface area contributed by atoms with E-state index >= 15 is 0 Å². The molecule has 0 atom stereocenters. The van der Waals surface area contributed by atoms with Crippen molar-refractivity contribution in [1.29, 1.82) is 0 Å². The summed E-state index contributed by atoms with van der Waals surface area (Å²) < 4.78 is 5.25. The summed E-state index contributed by atoms with van der Waals surface area (Å²) in [4.78, 5) is 109. The van der Waals surface area contributed by atoms with Gasteiger partial charge in [0.15, 0.2) is 22.6 Å². The lowest BCUT2D eigenvalue weighted by molar-refractivity contribution is 0.101. The Balaban J connectivity index is 0.000000119. The number of aromatic amines is 4. The van der Waals surface area contributed by atoms with Gasteiger partial charge in [-0.3, -0.25) is 49.5 Å². The number of aromatic nitrogens is 19. The van der Waals surface area contributed by atoms with Gasteiger partial charge in [0.25, 0.3) is 23.6 Å². The van der Waals surface area contributed by atoms with Crippen LogP contribution >= 0.6 is 70.0 Å². The maximum absolute atomic E-state index is 12.7. The van der Waals surface area contributed by atoms with Crippen molar-refractivity contribution in [2.45, 2.75) is 43.1 Å². The summed E-state index contributed by atoms with van der Waals surface area (Å²) in [5, 5.41) is 49.6. The lowest BCUT2D eigenvalue weighted by Gasteiger charge is -2.08. The lowest BCUT2D eigenvalue weighted by atomic mass is 10.1. The average Bonchev–Trinajstić information content (AvgIpc) is 1.70. The molecule has 0 unspecified atom stereocenters. The summed E-state index contributed by atoms with van der Waals surface area (Å²) in [6.45, 7) is 0.